The number of amides is 1. The Kier molecular flexibility index (Phi) is 4.29. The maximum Gasteiger partial charge on any atom is 0.240 e. The number of anilines is 1. The number of nitrogens with one attached hydrogen (secondary N) is 1. The molecule has 0 aliphatic carbocycles. The molecule has 1 N–H and O–H groups in total. The summed E-state index contributed by atoms with van der Waals surface area (Å²) >= 11 is 5.86. The zero-order valence-corrected chi connectivity index (χ0v) is 15.9. The highest BCUT2D eigenvalue weighted by molar-refractivity contribution is 7.89. The molecule has 136 valence electrons. The third-order valence-corrected chi connectivity index (χ3v) is 6.72. The van der Waals surface area contributed by atoms with Gasteiger partial charge in [-0.3, -0.25) is 4.79 Å². The van der Waals surface area contributed by atoms with Crippen LogP contribution in [0.3, 0.4) is 0 Å². The van der Waals surface area contributed by atoms with E-state index in [1.807, 2.05) is 6.92 Å². The van der Waals surface area contributed by atoms with Crippen LogP contribution in [0.2, 0.25) is 5.02 Å². The van der Waals surface area contributed by atoms with Crippen molar-refractivity contribution in [3.8, 4) is 0 Å². The quantitative estimate of drug-likeness (QED) is 0.871. The van der Waals surface area contributed by atoms with Crippen LogP contribution in [0.15, 0.2) is 41.3 Å². The Morgan fingerprint density at radius 1 is 1.23 bits per heavy atom. The van der Waals surface area contributed by atoms with Crippen molar-refractivity contribution in [3.63, 3.8) is 0 Å². The average molecular weight is 391 g/mol. The average Bonchev–Trinajstić information content (AvgIpc) is 2.88. The minimum Gasteiger partial charge on any atom is -0.311 e. The van der Waals surface area contributed by atoms with Crippen LogP contribution in [-0.4, -0.2) is 20.9 Å². The van der Waals surface area contributed by atoms with Crippen molar-refractivity contribution in [2.75, 3.05) is 11.4 Å². The summed E-state index contributed by atoms with van der Waals surface area (Å²) in [5.74, 6) is -0.238. The molecule has 0 radical (unpaired) electrons. The highest BCUT2D eigenvalue weighted by Crippen LogP contribution is 2.43. The molecule has 0 unspecified atom stereocenters. The van der Waals surface area contributed by atoms with Gasteiger partial charge in [0.15, 0.2) is 0 Å². The van der Waals surface area contributed by atoms with E-state index in [0.717, 1.165) is 35.2 Å². The molecule has 5 nitrogen and oxygen atoms in total. The van der Waals surface area contributed by atoms with Crippen LogP contribution in [0.5, 0.6) is 0 Å². The van der Waals surface area contributed by atoms with E-state index in [9.17, 15) is 13.2 Å². The number of halogens is 1. The molecule has 26 heavy (non-hydrogen) atoms. The fourth-order valence-electron chi connectivity index (χ4n) is 3.68. The minimum atomic E-state index is -3.67. The Balaban J connectivity index is 1.65. The van der Waals surface area contributed by atoms with Crippen LogP contribution < -0.4 is 9.62 Å². The number of nitrogens with zero attached hydrogens (tertiary/aromatic N) is 1. The van der Waals surface area contributed by atoms with Gasteiger partial charge in [0, 0.05) is 18.1 Å². The van der Waals surface area contributed by atoms with Gasteiger partial charge in [0.25, 0.3) is 0 Å². The second kappa shape index (κ2) is 6.37. The van der Waals surface area contributed by atoms with Crippen molar-refractivity contribution in [1.82, 2.24) is 4.72 Å². The zero-order valence-electron chi connectivity index (χ0n) is 14.3. The fourth-order valence-corrected chi connectivity index (χ4v) is 4.91. The lowest BCUT2D eigenvalue weighted by Crippen LogP contribution is -2.32. The first-order valence-electron chi connectivity index (χ1n) is 8.59. The number of benzene rings is 2. The number of aryl methyl sites for hydroxylation is 1. The summed E-state index contributed by atoms with van der Waals surface area (Å²) in [6.45, 7) is 2.74. The molecular formula is C19H19ClN2O3S. The summed E-state index contributed by atoms with van der Waals surface area (Å²) in [5.41, 5.74) is 3.51. The number of carbonyl (C=O) groups is 1. The summed E-state index contributed by atoms with van der Waals surface area (Å²) in [6.07, 6.45) is 1.64. The molecule has 2 aliphatic heterocycles. The van der Waals surface area contributed by atoms with E-state index in [2.05, 4.69) is 4.72 Å². The van der Waals surface area contributed by atoms with Crippen LogP contribution in [0.25, 0.3) is 0 Å². The molecule has 4 rings (SSSR count). The zero-order chi connectivity index (χ0) is 18.5. The number of sulfonamides is 1. The van der Waals surface area contributed by atoms with Crippen molar-refractivity contribution in [1.29, 1.82) is 0 Å². The summed E-state index contributed by atoms with van der Waals surface area (Å²) in [6, 6.07) is 10.4. The van der Waals surface area contributed by atoms with E-state index in [1.165, 1.54) is 0 Å². The summed E-state index contributed by atoms with van der Waals surface area (Å²) in [7, 11) is -3.67. The van der Waals surface area contributed by atoms with Gasteiger partial charge in [-0.25, -0.2) is 13.1 Å². The monoisotopic (exact) mass is 390 g/mol. The van der Waals surface area contributed by atoms with Crippen molar-refractivity contribution in [3.05, 3.63) is 58.1 Å². The van der Waals surface area contributed by atoms with Crippen molar-refractivity contribution in [2.24, 2.45) is 0 Å². The third kappa shape index (κ3) is 2.92. The molecule has 2 aromatic carbocycles. The maximum atomic E-state index is 12.8. The smallest absolute Gasteiger partial charge is 0.240 e. The second-order valence-corrected chi connectivity index (χ2v) is 8.99. The summed E-state index contributed by atoms with van der Waals surface area (Å²) < 4.78 is 28.2. The standard InChI is InChI=1S/C19H19ClN2O3S/c1-12-17-10-16(9-14-3-2-8-22(18(14)17)19(12)23)26(24,25)21-11-13-4-6-15(20)7-5-13/h4-7,9-10,12,21H,2-3,8,11H2,1H3/t12-/m0/s1. The van der Waals surface area contributed by atoms with Gasteiger partial charge in [0.1, 0.15) is 0 Å². The third-order valence-electron chi connectivity index (χ3n) is 5.08. The van der Waals surface area contributed by atoms with Crippen molar-refractivity contribution in [2.45, 2.75) is 37.1 Å². The molecule has 7 heteroatoms. The van der Waals surface area contributed by atoms with Gasteiger partial charge in [-0.1, -0.05) is 23.7 Å². The van der Waals surface area contributed by atoms with E-state index in [-0.39, 0.29) is 23.3 Å². The molecule has 2 aromatic rings. The molecule has 0 fully saturated rings. The number of carbonyl (C=O) groups excluding carboxylic acids is 1. The normalized spacial score (nSPS) is 18.9. The van der Waals surface area contributed by atoms with E-state index >= 15 is 0 Å². The van der Waals surface area contributed by atoms with Gasteiger partial charge in [-0.2, -0.15) is 0 Å². The maximum absolute atomic E-state index is 12.8. The molecule has 0 bridgehead atoms. The first-order valence-corrected chi connectivity index (χ1v) is 10.5. The van der Waals surface area contributed by atoms with Gasteiger partial charge in [-0.05, 0) is 60.7 Å². The van der Waals surface area contributed by atoms with E-state index in [0.29, 0.717) is 11.6 Å². The first kappa shape index (κ1) is 17.5. The van der Waals surface area contributed by atoms with Crippen molar-refractivity contribution < 1.29 is 13.2 Å². The fraction of sp³-hybridized carbons (Fsp3) is 0.316. The largest absolute Gasteiger partial charge is 0.311 e. The van der Waals surface area contributed by atoms with Gasteiger partial charge in [0.2, 0.25) is 15.9 Å². The lowest BCUT2D eigenvalue weighted by Gasteiger charge is -2.26. The molecule has 0 saturated heterocycles. The Morgan fingerprint density at radius 3 is 2.69 bits per heavy atom. The van der Waals surface area contributed by atoms with Gasteiger partial charge in [-0.15, -0.1) is 0 Å². The van der Waals surface area contributed by atoms with Crippen LogP contribution in [0.4, 0.5) is 5.69 Å². The molecular weight excluding hydrogens is 372 g/mol. The Morgan fingerprint density at radius 2 is 1.96 bits per heavy atom. The van der Waals surface area contributed by atoms with Gasteiger partial charge >= 0.3 is 0 Å². The molecule has 0 aromatic heterocycles. The lowest BCUT2D eigenvalue weighted by atomic mass is 9.97. The Bertz CT molecular complexity index is 987. The summed E-state index contributed by atoms with van der Waals surface area (Å²) in [4.78, 5) is 14.5. The van der Waals surface area contributed by atoms with E-state index < -0.39 is 10.0 Å². The molecule has 0 saturated carbocycles. The Labute approximate surface area is 158 Å². The highest BCUT2D eigenvalue weighted by Gasteiger charge is 2.38. The molecule has 2 heterocycles. The Hall–Kier alpha value is -1.89. The molecule has 2 aliphatic rings. The number of hydrogen-bond donors (Lipinski definition) is 1. The molecule has 1 amide bonds. The highest BCUT2D eigenvalue weighted by atomic mass is 35.5. The van der Waals surface area contributed by atoms with Crippen LogP contribution in [0.1, 0.15) is 36.0 Å². The molecule has 1 atom stereocenters. The predicted octanol–water partition coefficient (Wildman–Crippen LogP) is 3.21. The van der Waals surface area contributed by atoms with E-state index in [4.69, 9.17) is 11.6 Å². The van der Waals surface area contributed by atoms with E-state index in [1.54, 1.807) is 41.3 Å². The van der Waals surface area contributed by atoms with Crippen LogP contribution >= 0.6 is 11.6 Å². The molecule has 0 spiro atoms. The SMILES string of the molecule is C[C@@H]1C(=O)N2CCCc3cc(S(=O)(=O)NCc4ccc(Cl)cc4)cc1c32. The van der Waals surface area contributed by atoms with Gasteiger partial charge in [0.05, 0.1) is 16.5 Å². The predicted molar refractivity (Wildman–Crippen MR) is 101 cm³/mol. The number of hydrogen-bond acceptors (Lipinski definition) is 3. The lowest BCUT2D eigenvalue weighted by molar-refractivity contribution is -0.119. The first-order chi connectivity index (χ1) is 12.4. The summed E-state index contributed by atoms with van der Waals surface area (Å²) in [5, 5.41) is 0.609. The van der Waals surface area contributed by atoms with Gasteiger partial charge < -0.3 is 4.90 Å². The van der Waals surface area contributed by atoms with Crippen molar-refractivity contribution >= 4 is 33.2 Å². The van der Waals surface area contributed by atoms with Crippen LogP contribution in [-0.2, 0) is 27.8 Å². The second-order valence-electron chi connectivity index (χ2n) is 6.79. The van der Waals surface area contributed by atoms with Crippen LogP contribution in [0, 0.1) is 0 Å². The topological polar surface area (TPSA) is 66.5 Å². The minimum absolute atomic E-state index is 0.0598. The number of rotatable bonds is 4.